The normalized spacial score (nSPS) is 29.1. The van der Waals surface area contributed by atoms with Gasteiger partial charge in [0.2, 0.25) is 0 Å². The van der Waals surface area contributed by atoms with Gasteiger partial charge in [-0.3, -0.25) is 4.79 Å². The van der Waals surface area contributed by atoms with E-state index in [1.54, 1.807) is 6.07 Å². The lowest BCUT2D eigenvalue weighted by Crippen LogP contribution is -2.55. The molecule has 154 valence electrons. The van der Waals surface area contributed by atoms with E-state index < -0.39 is 15.4 Å². The Bertz CT molecular complexity index is 895. The molecule has 2 atom stereocenters. The number of piperidine rings is 2. The SMILES string of the molecule is CN1C2CCCC1CC(NC(=O)c1cc(S(C)(=O)=O)cc3c1OC(C)(C)C3)C2. The van der Waals surface area contributed by atoms with Crippen molar-refractivity contribution in [3.05, 3.63) is 23.3 Å². The van der Waals surface area contributed by atoms with E-state index in [9.17, 15) is 13.2 Å². The molecule has 1 aromatic rings. The van der Waals surface area contributed by atoms with Gasteiger partial charge >= 0.3 is 0 Å². The number of hydrogen-bond donors (Lipinski definition) is 1. The lowest BCUT2D eigenvalue weighted by Gasteiger charge is -2.47. The van der Waals surface area contributed by atoms with Crippen molar-refractivity contribution in [3.8, 4) is 5.75 Å². The van der Waals surface area contributed by atoms with Gasteiger partial charge in [-0.25, -0.2) is 8.42 Å². The molecule has 1 N–H and O–H groups in total. The van der Waals surface area contributed by atoms with Crippen LogP contribution in [0.4, 0.5) is 0 Å². The van der Waals surface area contributed by atoms with Crippen LogP contribution in [0.25, 0.3) is 0 Å². The van der Waals surface area contributed by atoms with E-state index in [0.29, 0.717) is 29.8 Å². The fourth-order valence-electron chi connectivity index (χ4n) is 5.06. The number of amides is 1. The minimum Gasteiger partial charge on any atom is -0.486 e. The Morgan fingerprint density at radius 3 is 2.46 bits per heavy atom. The van der Waals surface area contributed by atoms with Gasteiger partial charge in [0.15, 0.2) is 9.84 Å². The molecule has 0 radical (unpaired) electrons. The van der Waals surface area contributed by atoms with Crippen LogP contribution in [0.5, 0.6) is 5.75 Å². The number of nitrogens with zero attached hydrogens (tertiary/aromatic N) is 1. The Labute approximate surface area is 167 Å². The zero-order valence-electron chi connectivity index (χ0n) is 17.1. The molecule has 1 aromatic carbocycles. The van der Waals surface area contributed by atoms with Crippen molar-refractivity contribution in [2.24, 2.45) is 0 Å². The third kappa shape index (κ3) is 3.66. The first kappa shape index (κ1) is 19.7. The largest absolute Gasteiger partial charge is 0.486 e. The summed E-state index contributed by atoms with van der Waals surface area (Å²) in [5.41, 5.74) is 0.684. The first-order valence-corrected chi connectivity index (χ1v) is 12.0. The van der Waals surface area contributed by atoms with Crippen molar-refractivity contribution in [3.63, 3.8) is 0 Å². The predicted octanol–water partition coefficient (Wildman–Crippen LogP) is 2.55. The fourth-order valence-corrected chi connectivity index (χ4v) is 5.75. The molecule has 2 bridgehead atoms. The molecule has 3 heterocycles. The molecule has 4 rings (SSSR count). The van der Waals surface area contributed by atoms with Crippen molar-refractivity contribution in [2.75, 3.05) is 13.3 Å². The molecule has 2 saturated heterocycles. The fraction of sp³-hybridized carbons (Fsp3) is 0.667. The Balaban J connectivity index is 1.62. The van der Waals surface area contributed by atoms with E-state index in [1.165, 1.54) is 31.6 Å². The molecule has 3 aliphatic heterocycles. The lowest BCUT2D eigenvalue weighted by molar-refractivity contribution is 0.0461. The summed E-state index contributed by atoms with van der Waals surface area (Å²) in [7, 11) is -1.23. The van der Waals surface area contributed by atoms with Crippen LogP contribution in [0.3, 0.4) is 0 Å². The van der Waals surface area contributed by atoms with Gasteiger partial charge in [0.05, 0.1) is 10.5 Å². The summed E-state index contributed by atoms with van der Waals surface area (Å²) in [6.45, 7) is 3.90. The number of benzene rings is 1. The van der Waals surface area contributed by atoms with Crippen LogP contribution in [-0.2, 0) is 16.3 Å². The molecule has 0 aromatic heterocycles. The van der Waals surface area contributed by atoms with Crippen LogP contribution < -0.4 is 10.1 Å². The average molecular weight is 407 g/mol. The van der Waals surface area contributed by atoms with Crippen molar-refractivity contribution in [1.29, 1.82) is 0 Å². The molecule has 0 spiro atoms. The van der Waals surface area contributed by atoms with Gasteiger partial charge < -0.3 is 15.0 Å². The van der Waals surface area contributed by atoms with Gasteiger partial charge in [0, 0.05) is 36.4 Å². The number of carbonyl (C=O) groups excluding carboxylic acids is 1. The number of hydrogen-bond acceptors (Lipinski definition) is 5. The van der Waals surface area contributed by atoms with Crippen molar-refractivity contribution >= 4 is 15.7 Å². The van der Waals surface area contributed by atoms with E-state index in [4.69, 9.17) is 4.74 Å². The molecular formula is C21H30N2O4S. The summed E-state index contributed by atoms with van der Waals surface area (Å²) in [6, 6.07) is 4.27. The molecule has 1 amide bonds. The molecule has 2 fully saturated rings. The van der Waals surface area contributed by atoms with Crippen LogP contribution in [0.15, 0.2) is 17.0 Å². The maximum Gasteiger partial charge on any atom is 0.255 e. The standard InChI is InChI=1S/C21H30N2O4S/c1-21(2)12-13-8-17(28(4,25)26)11-18(19(13)27-21)20(24)22-14-9-15-6-5-7-16(10-14)23(15)3/h8,11,14-16H,5-7,9-10,12H2,1-4H3,(H,22,24). The van der Waals surface area contributed by atoms with Crippen LogP contribution in [0.2, 0.25) is 0 Å². The second kappa shape index (κ2) is 6.73. The van der Waals surface area contributed by atoms with Crippen LogP contribution >= 0.6 is 0 Å². The third-order valence-electron chi connectivity index (χ3n) is 6.48. The highest BCUT2D eigenvalue weighted by Crippen LogP contribution is 2.40. The lowest BCUT2D eigenvalue weighted by atomic mass is 9.82. The monoisotopic (exact) mass is 406 g/mol. The van der Waals surface area contributed by atoms with Gasteiger partial charge in [0.1, 0.15) is 11.4 Å². The molecule has 7 heteroatoms. The van der Waals surface area contributed by atoms with Gasteiger partial charge in [-0.05, 0) is 58.7 Å². The van der Waals surface area contributed by atoms with Crippen LogP contribution in [0.1, 0.15) is 61.9 Å². The second-order valence-corrected chi connectivity index (χ2v) is 11.3. The smallest absolute Gasteiger partial charge is 0.255 e. The predicted molar refractivity (Wildman–Crippen MR) is 108 cm³/mol. The van der Waals surface area contributed by atoms with E-state index in [1.807, 2.05) is 13.8 Å². The number of sulfone groups is 1. The van der Waals surface area contributed by atoms with E-state index in [0.717, 1.165) is 18.4 Å². The first-order valence-electron chi connectivity index (χ1n) is 10.1. The van der Waals surface area contributed by atoms with Crippen LogP contribution in [-0.4, -0.2) is 56.3 Å². The van der Waals surface area contributed by atoms with Crippen molar-refractivity contribution in [2.45, 2.75) is 81.0 Å². The molecular weight excluding hydrogens is 376 g/mol. The number of ether oxygens (including phenoxy) is 1. The van der Waals surface area contributed by atoms with Crippen LogP contribution in [0, 0.1) is 0 Å². The Hall–Kier alpha value is -1.60. The van der Waals surface area contributed by atoms with Gasteiger partial charge in [-0.15, -0.1) is 0 Å². The highest BCUT2D eigenvalue weighted by atomic mass is 32.2. The first-order chi connectivity index (χ1) is 13.0. The zero-order chi connectivity index (χ0) is 20.3. The highest BCUT2D eigenvalue weighted by Gasteiger charge is 2.38. The zero-order valence-corrected chi connectivity index (χ0v) is 17.9. The summed E-state index contributed by atoms with van der Waals surface area (Å²) >= 11 is 0. The van der Waals surface area contributed by atoms with Gasteiger partial charge in [-0.2, -0.15) is 0 Å². The minimum atomic E-state index is -3.41. The maximum atomic E-state index is 13.2. The molecule has 0 saturated carbocycles. The minimum absolute atomic E-state index is 0.117. The topological polar surface area (TPSA) is 75.7 Å². The third-order valence-corrected chi connectivity index (χ3v) is 7.57. The Morgan fingerprint density at radius 1 is 1.21 bits per heavy atom. The maximum absolute atomic E-state index is 13.2. The molecule has 2 unspecified atom stereocenters. The molecule has 0 aliphatic carbocycles. The van der Waals surface area contributed by atoms with E-state index in [-0.39, 0.29) is 16.8 Å². The van der Waals surface area contributed by atoms with Gasteiger partial charge in [0.25, 0.3) is 5.91 Å². The van der Waals surface area contributed by atoms with Crippen molar-refractivity contribution < 1.29 is 17.9 Å². The molecule has 3 aliphatic rings. The van der Waals surface area contributed by atoms with E-state index >= 15 is 0 Å². The van der Waals surface area contributed by atoms with E-state index in [2.05, 4.69) is 17.3 Å². The highest BCUT2D eigenvalue weighted by molar-refractivity contribution is 7.90. The Morgan fingerprint density at radius 2 is 1.86 bits per heavy atom. The summed E-state index contributed by atoms with van der Waals surface area (Å²) < 4.78 is 30.3. The number of rotatable bonds is 3. The molecule has 28 heavy (non-hydrogen) atoms. The Kier molecular flexibility index (Phi) is 4.74. The van der Waals surface area contributed by atoms with Crippen molar-refractivity contribution in [1.82, 2.24) is 10.2 Å². The molecule has 6 nitrogen and oxygen atoms in total. The average Bonchev–Trinajstić information content (AvgIpc) is 2.87. The van der Waals surface area contributed by atoms with Gasteiger partial charge in [-0.1, -0.05) is 6.42 Å². The summed E-state index contributed by atoms with van der Waals surface area (Å²) in [6.07, 6.45) is 7.26. The quantitative estimate of drug-likeness (QED) is 0.835. The summed E-state index contributed by atoms with van der Waals surface area (Å²) in [5.74, 6) is 0.301. The number of fused-ring (bicyclic) bond motifs is 3. The number of carbonyl (C=O) groups is 1. The summed E-state index contributed by atoms with van der Waals surface area (Å²) in [4.78, 5) is 15.8. The number of nitrogens with one attached hydrogen (secondary N) is 1. The second-order valence-electron chi connectivity index (χ2n) is 9.32. The summed E-state index contributed by atoms with van der Waals surface area (Å²) in [5, 5.41) is 3.18.